The summed E-state index contributed by atoms with van der Waals surface area (Å²) in [6, 6.07) is 0. The van der Waals surface area contributed by atoms with Crippen LogP contribution in [0.4, 0.5) is 0 Å². The van der Waals surface area contributed by atoms with Gasteiger partial charge in [-0.05, 0) is 27.1 Å². The SMILES string of the molecule is CN(C)CCC(C(=O)O)C(C(=O)O)P(=O)(O)O. The average molecular weight is 269 g/mol. The summed E-state index contributed by atoms with van der Waals surface area (Å²) in [6.07, 6.45) is -0.148. The molecule has 0 amide bonds. The van der Waals surface area contributed by atoms with Crippen molar-refractivity contribution in [3.8, 4) is 0 Å². The van der Waals surface area contributed by atoms with Crippen LogP contribution in [0.15, 0.2) is 0 Å². The molecule has 0 aromatic carbocycles. The summed E-state index contributed by atoms with van der Waals surface area (Å²) in [7, 11) is -1.71. The fourth-order valence-corrected chi connectivity index (χ4v) is 2.40. The summed E-state index contributed by atoms with van der Waals surface area (Å²) in [5, 5.41) is 17.6. The number of nitrogens with zero attached hydrogens (tertiary/aromatic N) is 1. The standard InChI is InChI=1S/C8H16NO7P/c1-9(2)4-3-5(7(10)11)6(8(12)13)17(14,15)16/h5-6H,3-4H2,1-2H3,(H,10,11)(H,12,13)(H2,14,15,16). The molecule has 0 rings (SSSR count). The van der Waals surface area contributed by atoms with Gasteiger partial charge in [-0.2, -0.15) is 0 Å². The Morgan fingerprint density at radius 3 is 1.88 bits per heavy atom. The zero-order chi connectivity index (χ0) is 13.8. The van der Waals surface area contributed by atoms with Gasteiger partial charge in [0.1, 0.15) is 0 Å². The van der Waals surface area contributed by atoms with Crippen molar-refractivity contribution >= 4 is 19.5 Å². The molecule has 8 nitrogen and oxygen atoms in total. The molecule has 0 fully saturated rings. The van der Waals surface area contributed by atoms with Gasteiger partial charge < -0.3 is 24.9 Å². The minimum absolute atomic E-state index is 0.148. The molecule has 0 aromatic rings. The van der Waals surface area contributed by atoms with Crippen LogP contribution in [0.2, 0.25) is 0 Å². The van der Waals surface area contributed by atoms with E-state index in [1.165, 1.54) is 0 Å². The first kappa shape index (κ1) is 16.1. The van der Waals surface area contributed by atoms with Crippen molar-refractivity contribution in [2.45, 2.75) is 12.1 Å². The largest absolute Gasteiger partial charge is 0.481 e. The molecule has 0 aromatic heterocycles. The van der Waals surface area contributed by atoms with Gasteiger partial charge in [0, 0.05) is 0 Å². The van der Waals surface area contributed by atoms with E-state index in [4.69, 9.17) is 20.0 Å². The minimum Gasteiger partial charge on any atom is -0.481 e. The normalized spacial score (nSPS) is 15.6. The van der Waals surface area contributed by atoms with Crippen molar-refractivity contribution in [2.24, 2.45) is 5.92 Å². The average Bonchev–Trinajstić information content (AvgIpc) is 2.07. The third-order valence-electron chi connectivity index (χ3n) is 2.20. The number of carboxylic acid groups (broad SMARTS) is 2. The molecular formula is C8H16NO7P. The van der Waals surface area contributed by atoms with Gasteiger partial charge in [0.15, 0.2) is 5.66 Å². The molecule has 0 aliphatic rings. The highest BCUT2D eigenvalue weighted by molar-refractivity contribution is 7.53. The lowest BCUT2D eigenvalue weighted by atomic mass is 10.0. The number of aliphatic carboxylic acids is 2. The summed E-state index contributed by atoms with van der Waals surface area (Å²) < 4.78 is 11.0. The highest BCUT2D eigenvalue weighted by Gasteiger charge is 2.45. The third-order valence-corrected chi connectivity index (χ3v) is 3.51. The molecular weight excluding hydrogens is 253 g/mol. The van der Waals surface area contributed by atoms with Gasteiger partial charge in [-0.15, -0.1) is 0 Å². The maximum atomic E-state index is 11.0. The summed E-state index contributed by atoms with van der Waals surface area (Å²) in [5.74, 6) is -4.94. The van der Waals surface area contributed by atoms with Gasteiger partial charge in [-0.25, -0.2) is 0 Å². The Morgan fingerprint density at radius 2 is 1.65 bits per heavy atom. The van der Waals surface area contributed by atoms with E-state index in [2.05, 4.69) is 0 Å². The van der Waals surface area contributed by atoms with Crippen LogP contribution in [0.5, 0.6) is 0 Å². The first-order valence-corrected chi connectivity index (χ1v) is 6.41. The smallest absolute Gasteiger partial charge is 0.340 e. The van der Waals surface area contributed by atoms with Crippen LogP contribution in [0.3, 0.4) is 0 Å². The van der Waals surface area contributed by atoms with Crippen molar-refractivity contribution in [1.82, 2.24) is 4.90 Å². The van der Waals surface area contributed by atoms with Crippen LogP contribution < -0.4 is 0 Å². The second-order valence-corrected chi connectivity index (χ2v) is 5.64. The molecule has 2 atom stereocenters. The Hall–Kier alpha value is -0.950. The van der Waals surface area contributed by atoms with E-state index >= 15 is 0 Å². The lowest BCUT2D eigenvalue weighted by Crippen LogP contribution is -2.36. The fourth-order valence-electron chi connectivity index (χ4n) is 1.36. The predicted octanol–water partition coefficient (Wildman–Crippen LogP) is -0.730. The Bertz CT molecular complexity index is 337. The first-order valence-electron chi connectivity index (χ1n) is 4.73. The minimum atomic E-state index is -5.00. The van der Waals surface area contributed by atoms with Crippen molar-refractivity contribution < 1.29 is 34.2 Å². The fraction of sp³-hybridized carbons (Fsp3) is 0.750. The van der Waals surface area contributed by atoms with Crippen LogP contribution in [-0.2, 0) is 14.2 Å². The lowest BCUT2D eigenvalue weighted by Gasteiger charge is -2.22. The molecule has 0 heterocycles. The zero-order valence-electron chi connectivity index (χ0n) is 9.48. The van der Waals surface area contributed by atoms with Gasteiger partial charge in [-0.3, -0.25) is 14.2 Å². The van der Waals surface area contributed by atoms with Crippen LogP contribution in [0.25, 0.3) is 0 Å². The van der Waals surface area contributed by atoms with E-state index in [9.17, 15) is 14.2 Å². The topological polar surface area (TPSA) is 135 Å². The van der Waals surface area contributed by atoms with Gasteiger partial charge >= 0.3 is 19.5 Å². The number of carbonyl (C=O) groups is 2. The highest BCUT2D eigenvalue weighted by Crippen LogP contribution is 2.46. The molecule has 100 valence electrons. The molecule has 0 saturated heterocycles. The number of carboxylic acids is 2. The van der Waals surface area contributed by atoms with E-state index in [0.717, 1.165) is 0 Å². The first-order chi connectivity index (χ1) is 7.57. The molecule has 2 unspecified atom stereocenters. The Kier molecular flexibility index (Phi) is 5.77. The van der Waals surface area contributed by atoms with Gasteiger partial charge in [0.25, 0.3) is 0 Å². The third kappa shape index (κ3) is 5.27. The maximum Gasteiger partial charge on any atom is 0.340 e. The number of hydrogen-bond acceptors (Lipinski definition) is 4. The van der Waals surface area contributed by atoms with Crippen LogP contribution in [0, 0.1) is 5.92 Å². The van der Waals surface area contributed by atoms with E-state index in [-0.39, 0.29) is 13.0 Å². The second-order valence-electron chi connectivity index (χ2n) is 3.91. The maximum absolute atomic E-state index is 11.0. The Balaban J connectivity index is 5.06. The molecule has 4 N–H and O–H groups in total. The number of rotatable bonds is 7. The summed E-state index contributed by atoms with van der Waals surface area (Å²) >= 11 is 0. The summed E-state index contributed by atoms with van der Waals surface area (Å²) in [5.41, 5.74) is -2.21. The summed E-state index contributed by atoms with van der Waals surface area (Å²) in [4.78, 5) is 41.0. The molecule has 0 saturated carbocycles. The zero-order valence-corrected chi connectivity index (χ0v) is 10.4. The van der Waals surface area contributed by atoms with Crippen LogP contribution >= 0.6 is 7.60 Å². The molecule has 9 heteroatoms. The monoisotopic (exact) mass is 269 g/mol. The molecule has 0 spiro atoms. The Morgan fingerprint density at radius 1 is 1.18 bits per heavy atom. The Labute approximate surface area is 98.0 Å². The van der Waals surface area contributed by atoms with E-state index in [1.807, 2.05) is 0 Å². The molecule has 17 heavy (non-hydrogen) atoms. The summed E-state index contributed by atoms with van der Waals surface area (Å²) in [6.45, 7) is 0.223. The van der Waals surface area contributed by atoms with Gasteiger partial charge in [0.05, 0.1) is 5.92 Å². The van der Waals surface area contributed by atoms with E-state index in [0.29, 0.717) is 0 Å². The molecule has 0 aliphatic carbocycles. The van der Waals surface area contributed by atoms with E-state index in [1.54, 1.807) is 19.0 Å². The van der Waals surface area contributed by atoms with Crippen LogP contribution in [-0.4, -0.2) is 63.1 Å². The molecule has 0 radical (unpaired) electrons. The highest BCUT2D eigenvalue weighted by atomic mass is 31.2. The van der Waals surface area contributed by atoms with Crippen molar-refractivity contribution in [3.63, 3.8) is 0 Å². The van der Waals surface area contributed by atoms with Crippen molar-refractivity contribution in [2.75, 3.05) is 20.6 Å². The molecule has 0 bridgehead atoms. The van der Waals surface area contributed by atoms with Gasteiger partial charge in [-0.1, -0.05) is 0 Å². The number of hydrogen-bond donors (Lipinski definition) is 4. The van der Waals surface area contributed by atoms with Crippen LogP contribution in [0.1, 0.15) is 6.42 Å². The van der Waals surface area contributed by atoms with Crippen molar-refractivity contribution in [3.05, 3.63) is 0 Å². The second kappa shape index (κ2) is 6.11. The quantitative estimate of drug-likeness (QED) is 0.444. The predicted molar refractivity (Wildman–Crippen MR) is 57.8 cm³/mol. The van der Waals surface area contributed by atoms with Crippen molar-refractivity contribution in [1.29, 1.82) is 0 Å². The lowest BCUT2D eigenvalue weighted by molar-refractivity contribution is -0.148. The molecule has 0 aliphatic heterocycles. The van der Waals surface area contributed by atoms with E-state index < -0.39 is 31.1 Å². The van der Waals surface area contributed by atoms with Gasteiger partial charge in [0.2, 0.25) is 0 Å².